The standard InChI is InChI=1S/C29H32BrN3O6/c1-36-24-13-10-22(26(16-24)37-2)18-31-33-28(35)29(17-21-6-3-4-7-25(21)30)19-39-27(32-29)20-8-11-23(12-9-20)38-15-5-14-34/h3-4,6-13,16,31,34H,5,14-15,17-19H2,1-2H3,(H,33,35)/t29-/m0/s1. The van der Waals surface area contributed by atoms with E-state index in [0.717, 1.165) is 21.2 Å². The predicted octanol–water partition coefficient (Wildman–Crippen LogP) is 3.81. The number of nitrogens with zero attached hydrogens (tertiary/aromatic N) is 1. The Morgan fingerprint density at radius 3 is 2.54 bits per heavy atom. The molecule has 3 aromatic carbocycles. The molecule has 0 saturated heterocycles. The molecular weight excluding hydrogens is 566 g/mol. The van der Waals surface area contributed by atoms with Crippen LogP contribution in [-0.2, 0) is 22.5 Å². The maximum absolute atomic E-state index is 13.6. The van der Waals surface area contributed by atoms with E-state index < -0.39 is 5.54 Å². The monoisotopic (exact) mass is 597 g/mol. The highest BCUT2D eigenvalue weighted by atomic mass is 79.9. The minimum absolute atomic E-state index is 0.0763. The number of nitrogens with one attached hydrogen (secondary N) is 2. The first-order valence-electron chi connectivity index (χ1n) is 12.5. The van der Waals surface area contributed by atoms with Gasteiger partial charge in [0.2, 0.25) is 5.90 Å². The van der Waals surface area contributed by atoms with Crippen LogP contribution in [-0.4, -0.2) is 56.5 Å². The van der Waals surface area contributed by atoms with Crippen LogP contribution in [0.5, 0.6) is 17.2 Å². The lowest BCUT2D eigenvalue weighted by molar-refractivity contribution is -0.127. The average molecular weight is 598 g/mol. The zero-order valence-electron chi connectivity index (χ0n) is 21.9. The fourth-order valence-corrected chi connectivity index (χ4v) is 4.55. The molecular formula is C29H32BrN3O6. The maximum atomic E-state index is 13.6. The van der Waals surface area contributed by atoms with E-state index in [-0.39, 0.29) is 19.1 Å². The van der Waals surface area contributed by atoms with Gasteiger partial charge in [0.15, 0.2) is 5.54 Å². The first-order valence-corrected chi connectivity index (χ1v) is 13.3. The first-order chi connectivity index (χ1) is 19.0. The van der Waals surface area contributed by atoms with Gasteiger partial charge in [-0.1, -0.05) is 40.2 Å². The summed E-state index contributed by atoms with van der Waals surface area (Å²) < 4.78 is 23.2. The second-order valence-electron chi connectivity index (χ2n) is 8.94. The van der Waals surface area contributed by atoms with Crippen LogP contribution < -0.4 is 25.1 Å². The number of ether oxygens (including phenoxy) is 4. The molecule has 9 nitrogen and oxygen atoms in total. The normalized spacial score (nSPS) is 16.3. The van der Waals surface area contributed by atoms with Crippen LogP contribution >= 0.6 is 15.9 Å². The number of amides is 1. The van der Waals surface area contributed by atoms with Crippen molar-refractivity contribution >= 4 is 27.7 Å². The summed E-state index contributed by atoms with van der Waals surface area (Å²) in [6.45, 7) is 0.918. The van der Waals surface area contributed by atoms with Crippen molar-refractivity contribution in [2.24, 2.45) is 4.99 Å². The van der Waals surface area contributed by atoms with E-state index in [0.29, 0.717) is 49.1 Å². The van der Waals surface area contributed by atoms with E-state index in [1.165, 1.54) is 0 Å². The SMILES string of the molecule is COc1ccc(CNNC(=O)[C@]2(Cc3ccccc3Br)COC(c3ccc(OCCCO)cc3)=N2)c(OC)c1. The highest BCUT2D eigenvalue weighted by Gasteiger charge is 2.45. The fourth-order valence-electron chi connectivity index (χ4n) is 4.12. The van der Waals surface area contributed by atoms with Crippen LogP contribution in [0.3, 0.4) is 0 Å². The van der Waals surface area contributed by atoms with Gasteiger partial charge < -0.3 is 24.1 Å². The number of aliphatic hydroxyl groups is 1. The second kappa shape index (κ2) is 13.5. The van der Waals surface area contributed by atoms with Gasteiger partial charge in [-0.25, -0.2) is 10.4 Å². The number of benzene rings is 3. The Kier molecular flexibility index (Phi) is 9.80. The Balaban J connectivity index is 1.52. The summed E-state index contributed by atoms with van der Waals surface area (Å²) in [6, 6.07) is 20.6. The molecule has 1 aliphatic rings. The van der Waals surface area contributed by atoms with Gasteiger partial charge >= 0.3 is 0 Å². The van der Waals surface area contributed by atoms with E-state index in [4.69, 9.17) is 29.0 Å². The van der Waals surface area contributed by atoms with Crippen molar-refractivity contribution in [2.75, 3.05) is 34.0 Å². The summed E-state index contributed by atoms with van der Waals surface area (Å²) in [6.07, 6.45) is 0.892. The van der Waals surface area contributed by atoms with Crippen LogP contribution in [0, 0.1) is 0 Å². The molecule has 39 heavy (non-hydrogen) atoms. The predicted molar refractivity (Wildman–Crippen MR) is 151 cm³/mol. The summed E-state index contributed by atoms with van der Waals surface area (Å²) in [7, 11) is 3.18. The number of carbonyl (C=O) groups excluding carboxylic acids is 1. The minimum Gasteiger partial charge on any atom is -0.497 e. The lowest BCUT2D eigenvalue weighted by Gasteiger charge is -2.24. The van der Waals surface area contributed by atoms with E-state index in [1.807, 2.05) is 60.7 Å². The molecule has 206 valence electrons. The average Bonchev–Trinajstić information content (AvgIpc) is 3.40. The number of methoxy groups -OCH3 is 2. The van der Waals surface area contributed by atoms with E-state index in [2.05, 4.69) is 26.8 Å². The molecule has 0 spiro atoms. The number of hydrogen-bond acceptors (Lipinski definition) is 8. The third kappa shape index (κ3) is 7.08. The molecule has 1 aliphatic heterocycles. The number of rotatable bonds is 13. The van der Waals surface area contributed by atoms with Crippen LogP contribution in [0.2, 0.25) is 0 Å². The number of hydrazine groups is 1. The van der Waals surface area contributed by atoms with Gasteiger partial charge in [-0.15, -0.1) is 0 Å². The van der Waals surface area contributed by atoms with E-state index in [9.17, 15) is 4.79 Å². The largest absolute Gasteiger partial charge is 0.497 e. The third-order valence-electron chi connectivity index (χ3n) is 6.27. The highest BCUT2D eigenvalue weighted by Crippen LogP contribution is 2.30. The van der Waals surface area contributed by atoms with Crippen molar-refractivity contribution in [1.29, 1.82) is 0 Å². The molecule has 0 radical (unpaired) electrons. The Bertz CT molecular complexity index is 1300. The van der Waals surface area contributed by atoms with Gasteiger partial charge in [0.05, 0.1) is 20.8 Å². The number of aliphatic hydroxyl groups excluding tert-OH is 1. The lowest BCUT2D eigenvalue weighted by Crippen LogP contribution is -2.52. The zero-order chi connectivity index (χ0) is 27.7. The highest BCUT2D eigenvalue weighted by molar-refractivity contribution is 9.10. The van der Waals surface area contributed by atoms with Crippen molar-refractivity contribution in [1.82, 2.24) is 10.9 Å². The minimum atomic E-state index is -1.19. The third-order valence-corrected chi connectivity index (χ3v) is 7.05. The van der Waals surface area contributed by atoms with Crippen molar-refractivity contribution < 1.29 is 28.8 Å². The van der Waals surface area contributed by atoms with Crippen molar-refractivity contribution in [2.45, 2.75) is 24.9 Å². The van der Waals surface area contributed by atoms with Gasteiger partial charge in [0.1, 0.15) is 23.9 Å². The summed E-state index contributed by atoms with van der Waals surface area (Å²) in [5, 5.41) is 8.94. The zero-order valence-corrected chi connectivity index (χ0v) is 23.5. The van der Waals surface area contributed by atoms with Crippen molar-refractivity contribution in [3.8, 4) is 17.2 Å². The topological polar surface area (TPSA) is 111 Å². The Labute approximate surface area is 236 Å². The molecule has 0 bridgehead atoms. The van der Waals surface area contributed by atoms with Gasteiger partial charge in [-0.3, -0.25) is 10.2 Å². The van der Waals surface area contributed by atoms with Gasteiger partial charge in [-0.2, -0.15) is 0 Å². The molecule has 3 N–H and O–H groups in total. The number of carbonyl (C=O) groups is 1. The van der Waals surface area contributed by atoms with Crippen LogP contribution in [0.15, 0.2) is 76.2 Å². The molecule has 0 saturated carbocycles. The quantitative estimate of drug-likeness (QED) is 0.203. The van der Waals surface area contributed by atoms with Crippen LogP contribution in [0.4, 0.5) is 0 Å². The molecule has 0 unspecified atom stereocenters. The number of halogens is 1. The van der Waals surface area contributed by atoms with Crippen LogP contribution in [0.25, 0.3) is 0 Å². The number of aliphatic imine (C=N–C) groups is 1. The van der Waals surface area contributed by atoms with Crippen molar-refractivity contribution in [3.05, 3.63) is 87.9 Å². The fraction of sp³-hybridized carbons (Fsp3) is 0.310. The molecule has 1 atom stereocenters. The van der Waals surface area contributed by atoms with Gasteiger partial charge in [0, 0.05) is 47.7 Å². The molecule has 1 amide bonds. The molecule has 10 heteroatoms. The van der Waals surface area contributed by atoms with Gasteiger partial charge in [-0.05, 0) is 42.0 Å². The first kappa shape index (κ1) is 28.4. The van der Waals surface area contributed by atoms with Gasteiger partial charge in [0.25, 0.3) is 5.91 Å². The molecule has 0 aliphatic carbocycles. The lowest BCUT2D eigenvalue weighted by atomic mass is 9.91. The second-order valence-corrected chi connectivity index (χ2v) is 9.80. The maximum Gasteiger partial charge on any atom is 0.266 e. The van der Waals surface area contributed by atoms with E-state index in [1.54, 1.807) is 20.3 Å². The summed E-state index contributed by atoms with van der Waals surface area (Å²) in [5.41, 5.74) is 7.18. The summed E-state index contributed by atoms with van der Waals surface area (Å²) in [5.74, 6) is 2.08. The van der Waals surface area contributed by atoms with Crippen molar-refractivity contribution in [3.63, 3.8) is 0 Å². The number of hydrogen-bond donors (Lipinski definition) is 3. The Hall–Kier alpha value is -3.60. The Morgan fingerprint density at radius 1 is 1.05 bits per heavy atom. The molecule has 0 fully saturated rings. The molecule has 4 rings (SSSR count). The molecule has 1 heterocycles. The summed E-state index contributed by atoms with van der Waals surface area (Å²) >= 11 is 3.59. The van der Waals surface area contributed by atoms with Crippen LogP contribution in [0.1, 0.15) is 23.1 Å². The molecule has 0 aromatic heterocycles. The summed E-state index contributed by atoms with van der Waals surface area (Å²) in [4.78, 5) is 18.5. The molecule has 3 aromatic rings. The smallest absolute Gasteiger partial charge is 0.266 e. The van der Waals surface area contributed by atoms with E-state index >= 15 is 0 Å². The Morgan fingerprint density at radius 2 is 1.82 bits per heavy atom.